The SMILES string of the molecule is Cc1cc(C)c(C(=O)COc2cccc(C(=O)NCc3ccccc3)c2)c(C)c1. The number of aryl methyl sites for hydroxylation is 3. The number of ether oxygens (including phenoxy) is 1. The van der Waals surface area contributed by atoms with Crippen molar-refractivity contribution in [1.29, 1.82) is 0 Å². The van der Waals surface area contributed by atoms with Gasteiger partial charge in [-0.3, -0.25) is 9.59 Å². The molecule has 148 valence electrons. The smallest absolute Gasteiger partial charge is 0.251 e. The second kappa shape index (κ2) is 9.20. The van der Waals surface area contributed by atoms with Gasteiger partial charge in [-0.2, -0.15) is 0 Å². The summed E-state index contributed by atoms with van der Waals surface area (Å²) in [4.78, 5) is 25.1. The first-order valence-corrected chi connectivity index (χ1v) is 9.60. The summed E-state index contributed by atoms with van der Waals surface area (Å²) in [6.45, 7) is 6.27. The highest BCUT2D eigenvalue weighted by atomic mass is 16.5. The van der Waals surface area contributed by atoms with E-state index in [9.17, 15) is 9.59 Å². The van der Waals surface area contributed by atoms with Crippen LogP contribution in [0.3, 0.4) is 0 Å². The Hall–Kier alpha value is -3.40. The maximum atomic E-state index is 12.6. The highest BCUT2D eigenvalue weighted by molar-refractivity contribution is 6.00. The molecule has 3 rings (SSSR count). The van der Waals surface area contributed by atoms with E-state index in [1.165, 1.54) is 0 Å². The second-order valence-electron chi connectivity index (χ2n) is 7.18. The number of carbonyl (C=O) groups is 2. The lowest BCUT2D eigenvalue weighted by molar-refractivity contribution is 0.0920. The standard InChI is InChI=1S/C25H25NO3/c1-17-12-18(2)24(19(3)13-17)23(27)16-29-22-11-7-10-21(14-22)25(28)26-15-20-8-5-4-6-9-20/h4-14H,15-16H2,1-3H3,(H,26,28). The molecule has 0 saturated heterocycles. The molecule has 0 heterocycles. The van der Waals surface area contributed by atoms with Gasteiger partial charge in [0.2, 0.25) is 5.78 Å². The Balaban J connectivity index is 1.62. The lowest BCUT2D eigenvalue weighted by Crippen LogP contribution is -2.22. The van der Waals surface area contributed by atoms with E-state index in [0.717, 1.165) is 22.3 Å². The van der Waals surface area contributed by atoms with Gasteiger partial charge >= 0.3 is 0 Å². The van der Waals surface area contributed by atoms with Crippen LogP contribution in [0, 0.1) is 20.8 Å². The fourth-order valence-electron chi connectivity index (χ4n) is 3.45. The minimum absolute atomic E-state index is 0.0696. The van der Waals surface area contributed by atoms with Crippen molar-refractivity contribution in [3.63, 3.8) is 0 Å². The zero-order chi connectivity index (χ0) is 20.8. The third-order valence-electron chi connectivity index (χ3n) is 4.72. The molecule has 0 aromatic heterocycles. The van der Waals surface area contributed by atoms with E-state index >= 15 is 0 Å². The largest absolute Gasteiger partial charge is 0.485 e. The zero-order valence-electron chi connectivity index (χ0n) is 17.0. The molecular formula is C25H25NO3. The van der Waals surface area contributed by atoms with Crippen molar-refractivity contribution in [2.75, 3.05) is 6.61 Å². The summed E-state index contributed by atoms with van der Waals surface area (Å²) in [5, 5.41) is 2.89. The molecule has 1 N–H and O–H groups in total. The van der Waals surface area contributed by atoms with E-state index in [4.69, 9.17) is 4.74 Å². The van der Waals surface area contributed by atoms with E-state index in [0.29, 0.717) is 23.4 Å². The molecule has 1 amide bonds. The summed E-state index contributed by atoms with van der Waals surface area (Å²) in [5.74, 6) is 0.239. The average Bonchev–Trinajstić information content (AvgIpc) is 2.70. The van der Waals surface area contributed by atoms with Gasteiger partial charge in [0.1, 0.15) is 5.75 Å². The minimum Gasteiger partial charge on any atom is -0.485 e. The Kier molecular flexibility index (Phi) is 6.45. The van der Waals surface area contributed by atoms with Crippen LogP contribution in [0.15, 0.2) is 66.7 Å². The number of carbonyl (C=O) groups excluding carboxylic acids is 2. The predicted molar refractivity (Wildman–Crippen MR) is 115 cm³/mol. The van der Waals surface area contributed by atoms with Gasteiger partial charge < -0.3 is 10.1 Å². The Morgan fingerprint density at radius 2 is 1.55 bits per heavy atom. The Morgan fingerprint density at radius 1 is 0.862 bits per heavy atom. The lowest BCUT2D eigenvalue weighted by Gasteiger charge is -2.12. The van der Waals surface area contributed by atoms with Crippen molar-refractivity contribution in [3.05, 3.63) is 100 Å². The van der Waals surface area contributed by atoms with Crippen LogP contribution in [0.5, 0.6) is 5.75 Å². The molecule has 0 fully saturated rings. The van der Waals surface area contributed by atoms with Gasteiger partial charge in [-0.05, 0) is 55.7 Å². The number of rotatable bonds is 7. The molecule has 0 spiro atoms. The number of nitrogens with one attached hydrogen (secondary N) is 1. The van der Waals surface area contributed by atoms with Gasteiger partial charge in [0.05, 0.1) is 0 Å². The van der Waals surface area contributed by atoms with Crippen LogP contribution in [-0.2, 0) is 6.54 Å². The van der Waals surface area contributed by atoms with E-state index < -0.39 is 0 Å². The molecule has 4 heteroatoms. The maximum absolute atomic E-state index is 12.6. The molecule has 0 unspecified atom stereocenters. The molecule has 3 aromatic rings. The normalized spacial score (nSPS) is 10.4. The highest BCUT2D eigenvalue weighted by Crippen LogP contribution is 2.19. The second-order valence-corrected chi connectivity index (χ2v) is 7.18. The van der Waals surface area contributed by atoms with E-state index in [-0.39, 0.29) is 18.3 Å². The number of hydrogen-bond donors (Lipinski definition) is 1. The van der Waals surface area contributed by atoms with Crippen molar-refractivity contribution in [2.45, 2.75) is 27.3 Å². The Bertz CT molecular complexity index is 1000. The number of benzene rings is 3. The van der Waals surface area contributed by atoms with E-state index in [1.807, 2.05) is 63.2 Å². The van der Waals surface area contributed by atoms with Crippen molar-refractivity contribution in [1.82, 2.24) is 5.32 Å². The van der Waals surface area contributed by atoms with Crippen LogP contribution in [0.1, 0.15) is 43.0 Å². The maximum Gasteiger partial charge on any atom is 0.251 e. The molecule has 3 aromatic carbocycles. The molecule has 0 radical (unpaired) electrons. The van der Waals surface area contributed by atoms with Gasteiger partial charge in [0, 0.05) is 17.7 Å². The van der Waals surface area contributed by atoms with Gasteiger partial charge in [-0.25, -0.2) is 0 Å². The zero-order valence-corrected chi connectivity index (χ0v) is 17.0. The van der Waals surface area contributed by atoms with Crippen molar-refractivity contribution < 1.29 is 14.3 Å². The fourth-order valence-corrected chi connectivity index (χ4v) is 3.45. The van der Waals surface area contributed by atoms with Crippen LogP contribution in [-0.4, -0.2) is 18.3 Å². The van der Waals surface area contributed by atoms with Crippen molar-refractivity contribution >= 4 is 11.7 Å². The number of ketones is 1. The monoisotopic (exact) mass is 387 g/mol. The molecule has 0 aliphatic heterocycles. The minimum atomic E-state index is -0.184. The molecule has 0 atom stereocenters. The molecular weight excluding hydrogens is 362 g/mol. The summed E-state index contributed by atoms with van der Waals surface area (Å²) in [5.41, 5.74) is 5.26. The molecule has 0 aliphatic rings. The number of amides is 1. The Labute approximate surface area is 171 Å². The lowest BCUT2D eigenvalue weighted by atomic mass is 9.97. The Morgan fingerprint density at radius 3 is 2.24 bits per heavy atom. The van der Waals surface area contributed by atoms with Gasteiger partial charge in [-0.15, -0.1) is 0 Å². The molecule has 29 heavy (non-hydrogen) atoms. The quantitative estimate of drug-likeness (QED) is 0.592. The summed E-state index contributed by atoms with van der Waals surface area (Å²) < 4.78 is 5.69. The van der Waals surface area contributed by atoms with Crippen molar-refractivity contribution in [2.24, 2.45) is 0 Å². The summed E-state index contributed by atoms with van der Waals surface area (Å²) >= 11 is 0. The summed E-state index contributed by atoms with van der Waals surface area (Å²) in [7, 11) is 0. The average molecular weight is 387 g/mol. The van der Waals surface area contributed by atoms with E-state index in [1.54, 1.807) is 24.3 Å². The fraction of sp³-hybridized carbons (Fsp3) is 0.200. The molecule has 0 saturated carbocycles. The van der Waals surface area contributed by atoms with Gasteiger partial charge in [0.15, 0.2) is 6.61 Å². The number of hydrogen-bond acceptors (Lipinski definition) is 3. The summed E-state index contributed by atoms with van der Waals surface area (Å²) in [6.07, 6.45) is 0. The third kappa shape index (κ3) is 5.32. The van der Waals surface area contributed by atoms with Crippen LogP contribution < -0.4 is 10.1 Å². The van der Waals surface area contributed by atoms with Crippen LogP contribution in [0.2, 0.25) is 0 Å². The topological polar surface area (TPSA) is 55.4 Å². The predicted octanol–water partition coefficient (Wildman–Crippen LogP) is 4.80. The van der Waals surface area contributed by atoms with Gasteiger partial charge in [0.25, 0.3) is 5.91 Å². The molecule has 0 bridgehead atoms. The first kappa shape index (κ1) is 20.3. The van der Waals surface area contributed by atoms with Crippen LogP contribution in [0.25, 0.3) is 0 Å². The van der Waals surface area contributed by atoms with Crippen molar-refractivity contribution in [3.8, 4) is 5.75 Å². The molecule has 0 aliphatic carbocycles. The summed E-state index contributed by atoms with van der Waals surface area (Å²) in [6, 6.07) is 20.6. The van der Waals surface area contributed by atoms with E-state index in [2.05, 4.69) is 5.32 Å². The highest BCUT2D eigenvalue weighted by Gasteiger charge is 2.14. The van der Waals surface area contributed by atoms with Gasteiger partial charge in [-0.1, -0.05) is 54.1 Å². The van der Waals surface area contributed by atoms with Crippen LogP contribution >= 0.6 is 0 Å². The van der Waals surface area contributed by atoms with Crippen LogP contribution in [0.4, 0.5) is 0 Å². The molecule has 4 nitrogen and oxygen atoms in total. The first-order chi connectivity index (χ1) is 13.9. The third-order valence-corrected chi connectivity index (χ3v) is 4.72. The number of Topliss-reactive ketones (excluding diaryl/α,β-unsaturated/α-hetero) is 1. The first-order valence-electron chi connectivity index (χ1n) is 9.60.